The minimum Gasteiger partial charge on any atom is -0.351 e. The van der Waals surface area contributed by atoms with Gasteiger partial charge in [0.15, 0.2) is 11.6 Å². The maximum absolute atomic E-state index is 16.5. The normalized spacial score (nSPS) is 19.4. The number of halogens is 3. The number of benzene rings is 2. The van der Waals surface area contributed by atoms with Crippen LogP contribution in [-0.2, 0) is 4.79 Å². The van der Waals surface area contributed by atoms with Crippen LogP contribution in [0.3, 0.4) is 0 Å². The van der Waals surface area contributed by atoms with Crippen LogP contribution in [0, 0.1) is 23.0 Å². The number of piperidine rings is 1. The van der Waals surface area contributed by atoms with E-state index in [1.807, 2.05) is 18.7 Å². The van der Waals surface area contributed by atoms with Crippen LogP contribution < -0.4 is 4.90 Å². The number of rotatable bonds is 6. The molecule has 0 N–H and O–H groups in total. The highest BCUT2D eigenvalue weighted by Crippen LogP contribution is 2.42. The molecule has 2 aliphatic heterocycles. The number of imidazole rings is 1. The molecule has 11 heteroatoms. The van der Waals surface area contributed by atoms with E-state index < -0.39 is 11.6 Å². The highest BCUT2D eigenvalue weighted by molar-refractivity contribution is 6.34. The van der Waals surface area contributed by atoms with Crippen LogP contribution in [-0.4, -0.2) is 76.1 Å². The van der Waals surface area contributed by atoms with Gasteiger partial charge >= 0.3 is 0 Å². The molecular formula is C31H30ClF2N7O. The first-order chi connectivity index (χ1) is 20.2. The van der Waals surface area contributed by atoms with Crippen LogP contribution in [0.5, 0.6) is 0 Å². The van der Waals surface area contributed by atoms with Crippen LogP contribution in [0.1, 0.15) is 25.3 Å². The highest BCUT2D eigenvalue weighted by atomic mass is 35.5. The Morgan fingerprint density at radius 3 is 2.71 bits per heavy atom. The Kier molecular flexibility index (Phi) is 7.33. The molecule has 1 amide bonds. The van der Waals surface area contributed by atoms with Gasteiger partial charge in [-0.3, -0.25) is 4.79 Å². The Hall–Kier alpha value is -4.07. The van der Waals surface area contributed by atoms with E-state index in [9.17, 15) is 14.4 Å². The van der Waals surface area contributed by atoms with E-state index >= 15 is 4.39 Å². The monoisotopic (exact) mass is 589 g/mol. The van der Waals surface area contributed by atoms with Gasteiger partial charge in [-0.25, -0.2) is 18.7 Å². The molecule has 0 unspecified atom stereocenters. The number of pyridine rings is 1. The number of carbonyl (C=O) groups is 1. The first-order valence-corrected chi connectivity index (χ1v) is 14.3. The van der Waals surface area contributed by atoms with Gasteiger partial charge in [0.2, 0.25) is 5.91 Å². The number of aromatic nitrogens is 3. The van der Waals surface area contributed by atoms with E-state index in [-0.39, 0.29) is 46.1 Å². The number of likely N-dealkylation sites (tertiary alicyclic amines) is 1. The molecule has 2 saturated heterocycles. The lowest BCUT2D eigenvalue weighted by Gasteiger charge is -2.43. The van der Waals surface area contributed by atoms with Crippen LogP contribution >= 0.6 is 11.6 Å². The molecular weight excluding hydrogens is 560 g/mol. The second-order valence-corrected chi connectivity index (χ2v) is 11.6. The summed E-state index contributed by atoms with van der Waals surface area (Å²) >= 11 is 6.68. The van der Waals surface area contributed by atoms with Crippen molar-refractivity contribution in [1.29, 1.82) is 5.26 Å². The van der Waals surface area contributed by atoms with Crippen LogP contribution in [0.4, 0.5) is 14.6 Å². The number of amides is 1. The summed E-state index contributed by atoms with van der Waals surface area (Å²) in [5.41, 5.74) is 1.41. The molecule has 0 aliphatic carbocycles. The van der Waals surface area contributed by atoms with E-state index in [1.54, 1.807) is 29.4 Å². The van der Waals surface area contributed by atoms with Gasteiger partial charge in [-0.05, 0) is 45.1 Å². The van der Waals surface area contributed by atoms with E-state index in [1.165, 1.54) is 18.2 Å². The molecule has 4 aromatic rings. The summed E-state index contributed by atoms with van der Waals surface area (Å²) in [6.07, 6.45) is 4.32. The molecule has 0 saturated carbocycles. The van der Waals surface area contributed by atoms with Crippen molar-refractivity contribution in [2.45, 2.75) is 37.4 Å². The molecule has 2 aromatic carbocycles. The number of anilines is 1. The fraction of sp³-hybridized carbons (Fsp3) is 0.355. The molecule has 216 valence electrons. The summed E-state index contributed by atoms with van der Waals surface area (Å²) in [6, 6.07) is 9.71. The van der Waals surface area contributed by atoms with E-state index in [4.69, 9.17) is 21.6 Å². The zero-order chi connectivity index (χ0) is 29.7. The smallest absolute Gasteiger partial charge is 0.246 e. The number of nitriles is 1. The van der Waals surface area contributed by atoms with Gasteiger partial charge in [-0.15, -0.1) is 0 Å². The molecule has 8 nitrogen and oxygen atoms in total. The largest absolute Gasteiger partial charge is 0.351 e. The fourth-order valence-corrected chi connectivity index (χ4v) is 6.49. The van der Waals surface area contributed by atoms with E-state index in [0.717, 1.165) is 0 Å². The molecule has 0 bridgehead atoms. The number of carbonyl (C=O) groups excluding carboxylic acids is 1. The van der Waals surface area contributed by atoms with Gasteiger partial charge in [0.05, 0.1) is 29.4 Å². The summed E-state index contributed by atoms with van der Waals surface area (Å²) in [5.74, 6) is -0.923. The third-order valence-corrected chi connectivity index (χ3v) is 8.87. The van der Waals surface area contributed by atoms with Crippen LogP contribution in [0.2, 0.25) is 5.02 Å². The number of hydrogen-bond donors (Lipinski definition) is 0. The predicted octanol–water partition coefficient (Wildman–Crippen LogP) is 5.57. The van der Waals surface area contributed by atoms with Crippen molar-refractivity contribution < 1.29 is 13.6 Å². The quantitative estimate of drug-likeness (QED) is 0.274. The number of hydrogen-bond acceptors (Lipinski definition) is 6. The lowest BCUT2D eigenvalue weighted by atomic mass is 9.94. The molecule has 0 spiro atoms. The average molecular weight is 590 g/mol. The van der Waals surface area contributed by atoms with Crippen molar-refractivity contribution in [3.8, 4) is 17.2 Å². The van der Waals surface area contributed by atoms with Gasteiger partial charge in [-0.2, -0.15) is 5.26 Å². The summed E-state index contributed by atoms with van der Waals surface area (Å²) in [4.78, 5) is 28.0. The summed E-state index contributed by atoms with van der Waals surface area (Å²) in [5, 5.41) is 10.0. The molecule has 0 radical (unpaired) electrons. The minimum absolute atomic E-state index is 0.0359. The first-order valence-electron chi connectivity index (χ1n) is 13.9. The molecule has 42 heavy (non-hydrogen) atoms. The van der Waals surface area contributed by atoms with Gasteiger partial charge in [0.1, 0.15) is 16.9 Å². The maximum Gasteiger partial charge on any atom is 0.246 e. The molecule has 2 aliphatic rings. The van der Waals surface area contributed by atoms with Crippen molar-refractivity contribution >= 4 is 45.3 Å². The fourth-order valence-electron chi connectivity index (χ4n) is 6.20. The topological polar surface area (TPSA) is 81.3 Å². The second-order valence-electron chi connectivity index (χ2n) is 11.2. The van der Waals surface area contributed by atoms with Gasteiger partial charge in [-0.1, -0.05) is 36.4 Å². The Morgan fingerprint density at radius 2 is 2.02 bits per heavy atom. The third kappa shape index (κ3) is 4.57. The summed E-state index contributed by atoms with van der Waals surface area (Å²) < 4.78 is 33.3. The SMILES string of the molecule is C=CC(=O)N1CC[C@H](n2cnc3c(N4CC(N(C)C)C4)nc4c(F)c(-c5ccccc5F)c(Cl)cc4c32)C[C@H]1CC#N. The zero-order valence-corrected chi connectivity index (χ0v) is 24.2. The van der Waals surface area contributed by atoms with Crippen molar-refractivity contribution in [2.75, 3.05) is 38.6 Å². The molecule has 2 atom stereocenters. The summed E-state index contributed by atoms with van der Waals surface area (Å²) in [6.45, 7) is 5.46. The Bertz CT molecular complexity index is 1760. The lowest BCUT2D eigenvalue weighted by Crippen LogP contribution is -2.57. The van der Waals surface area contributed by atoms with Crippen molar-refractivity contribution in [1.82, 2.24) is 24.3 Å². The van der Waals surface area contributed by atoms with Gasteiger partial charge in [0.25, 0.3) is 0 Å². The Morgan fingerprint density at radius 1 is 1.26 bits per heavy atom. The number of nitrogens with zero attached hydrogens (tertiary/aromatic N) is 7. The Labute approximate surface area is 247 Å². The molecule has 4 heterocycles. The highest BCUT2D eigenvalue weighted by Gasteiger charge is 2.35. The molecule has 2 fully saturated rings. The number of likely N-dealkylation sites (N-methyl/N-ethyl adjacent to an activating group) is 1. The minimum atomic E-state index is -0.697. The zero-order valence-electron chi connectivity index (χ0n) is 23.4. The third-order valence-electron chi connectivity index (χ3n) is 8.57. The standard InChI is InChI=1S/C31H30ClF2N7O/c1-4-25(42)40-12-10-19(13-18(40)9-11-35)41-17-36-29-30(41)22-14-23(32)26(21-7-5-6-8-24(21)33)27(34)28(22)37-31(29)39-15-20(16-39)38(2)3/h4-8,14,17-20H,1,9-10,12-13,15-16H2,2-3H3/t18-,19+/m1/s1. The van der Waals surface area contributed by atoms with Crippen molar-refractivity contribution in [2.24, 2.45) is 0 Å². The van der Waals surface area contributed by atoms with Gasteiger partial charge in [0, 0.05) is 54.3 Å². The predicted molar refractivity (Wildman–Crippen MR) is 159 cm³/mol. The van der Waals surface area contributed by atoms with Crippen molar-refractivity contribution in [3.63, 3.8) is 0 Å². The molecule has 2 aromatic heterocycles. The lowest BCUT2D eigenvalue weighted by molar-refractivity contribution is -0.130. The summed E-state index contributed by atoms with van der Waals surface area (Å²) in [7, 11) is 4.03. The van der Waals surface area contributed by atoms with Crippen LogP contribution in [0.25, 0.3) is 33.1 Å². The second kappa shape index (κ2) is 11.0. The van der Waals surface area contributed by atoms with Crippen molar-refractivity contribution in [3.05, 3.63) is 66.0 Å². The number of fused-ring (bicyclic) bond motifs is 3. The van der Waals surface area contributed by atoms with Crippen LogP contribution in [0.15, 0.2) is 49.3 Å². The van der Waals surface area contributed by atoms with E-state index in [0.29, 0.717) is 60.8 Å². The average Bonchev–Trinajstić information content (AvgIpc) is 3.39. The maximum atomic E-state index is 16.5. The Balaban J connectivity index is 1.54. The van der Waals surface area contributed by atoms with Gasteiger partial charge < -0.3 is 19.3 Å². The molecule has 6 rings (SSSR count). The van der Waals surface area contributed by atoms with E-state index in [2.05, 4.69) is 22.4 Å². The first kappa shape index (κ1) is 28.1.